The SMILES string of the molecule is CCNC(=O)C1COCCN1c1ccc(C(=O)O)cn1. The van der Waals surface area contributed by atoms with E-state index in [1.165, 1.54) is 12.3 Å². The fourth-order valence-electron chi connectivity index (χ4n) is 2.07. The van der Waals surface area contributed by atoms with Gasteiger partial charge in [0.1, 0.15) is 11.9 Å². The molecule has 0 spiro atoms. The van der Waals surface area contributed by atoms with Gasteiger partial charge in [-0.2, -0.15) is 0 Å². The molecule has 0 radical (unpaired) electrons. The maximum Gasteiger partial charge on any atom is 0.337 e. The molecule has 1 aliphatic heterocycles. The third kappa shape index (κ3) is 3.05. The van der Waals surface area contributed by atoms with Crippen LogP contribution < -0.4 is 10.2 Å². The number of nitrogens with zero attached hydrogens (tertiary/aromatic N) is 2. The summed E-state index contributed by atoms with van der Waals surface area (Å²) in [6.07, 6.45) is 1.29. The van der Waals surface area contributed by atoms with Crippen molar-refractivity contribution >= 4 is 17.7 Å². The molecule has 0 bridgehead atoms. The van der Waals surface area contributed by atoms with Crippen molar-refractivity contribution in [1.29, 1.82) is 0 Å². The van der Waals surface area contributed by atoms with Gasteiger partial charge >= 0.3 is 5.97 Å². The van der Waals surface area contributed by atoms with E-state index in [-0.39, 0.29) is 11.5 Å². The third-order valence-corrected chi connectivity index (χ3v) is 3.07. The van der Waals surface area contributed by atoms with Gasteiger partial charge in [-0.25, -0.2) is 9.78 Å². The average Bonchev–Trinajstić information content (AvgIpc) is 2.47. The quantitative estimate of drug-likeness (QED) is 0.813. The summed E-state index contributed by atoms with van der Waals surface area (Å²) in [5, 5.41) is 11.6. The summed E-state index contributed by atoms with van der Waals surface area (Å²) < 4.78 is 5.34. The largest absolute Gasteiger partial charge is 0.478 e. The second-order valence-corrected chi connectivity index (χ2v) is 4.39. The summed E-state index contributed by atoms with van der Waals surface area (Å²) in [5.41, 5.74) is 0.122. The summed E-state index contributed by atoms with van der Waals surface area (Å²) in [4.78, 5) is 28.8. The fraction of sp³-hybridized carbons (Fsp3) is 0.462. The standard InChI is InChI=1S/C13H17N3O4/c1-2-14-12(17)10-8-20-6-5-16(10)11-4-3-9(7-15-11)13(18)19/h3-4,7,10H,2,5-6,8H2,1H3,(H,14,17)(H,18,19). The van der Waals surface area contributed by atoms with Crippen LogP contribution in [0.5, 0.6) is 0 Å². The van der Waals surface area contributed by atoms with Gasteiger partial charge in [-0.3, -0.25) is 4.79 Å². The van der Waals surface area contributed by atoms with Crippen LogP contribution in [-0.2, 0) is 9.53 Å². The van der Waals surface area contributed by atoms with Crippen LogP contribution in [0.25, 0.3) is 0 Å². The van der Waals surface area contributed by atoms with Crippen LogP contribution in [0.15, 0.2) is 18.3 Å². The van der Waals surface area contributed by atoms with Gasteiger partial charge in [0.05, 0.1) is 18.8 Å². The van der Waals surface area contributed by atoms with Crippen LogP contribution in [0.2, 0.25) is 0 Å². The topological polar surface area (TPSA) is 91.8 Å². The van der Waals surface area contributed by atoms with E-state index in [1.807, 2.05) is 11.8 Å². The average molecular weight is 279 g/mol. The second-order valence-electron chi connectivity index (χ2n) is 4.39. The Morgan fingerprint density at radius 1 is 1.55 bits per heavy atom. The van der Waals surface area contributed by atoms with E-state index in [1.54, 1.807) is 6.07 Å². The number of likely N-dealkylation sites (N-methyl/N-ethyl adjacent to an activating group) is 1. The third-order valence-electron chi connectivity index (χ3n) is 3.07. The number of anilines is 1. The van der Waals surface area contributed by atoms with Gasteiger partial charge in [-0.15, -0.1) is 0 Å². The molecule has 20 heavy (non-hydrogen) atoms. The highest BCUT2D eigenvalue weighted by atomic mass is 16.5. The Labute approximate surface area is 116 Å². The van der Waals surface area contributed by atoms with Crippen molar-refractivity contribution in [1.82, 2.24) is 10.3 Å². The zero-order valence-electron chi connectivity index (χ0n) is 11.2. The highest BCUT2D eigenvalue weighted by Crippen LogP contribution is 2.17. The molecule has 0 aromatic carbocycles. The first-order valence-corrected chi connectivity index (χ1v) is 6.45. The molecular formula is C13H17N3O4. The number of aromatic carboxylic acids is 1. The van der Waals surface area contributed by atoms with Gasteiger partial charge in [0.25, 0.3) is 0 Å². The normalized spacial score (nSPS) is 18.6. The van der Waals surface area contributed by atoms with Crippen molar-refractivity contribution in [2.45, 2.75) is 13.0 Å². The van der Waals surface area contributed by atoms with Crippen LogP contribution in [0.1, 0.15) is 17.3 Å². The van der Waals surface area contributed by atoms with Crippen molar-refractivity contribution in [3.05, 3.63) is 23.9 Å². The Bertz CT molecular complexity index is 489. The molecule has 2 rings (SSSR count). The van der Waals surface area contributed by atoms with E-state index in [9.17, 15) is 9.59 Å². The molecule has 1 amide bonds. The van der Waals surface area contributed by atoms with E-state index in [2.05, 4.69) is 10.3 Å². The van der Waals surface area contributed by atoms with Gasteiger partial charge in [0.2, 0.25) is 5.91 Å². The number of pyridine rings is 1. The first kappa shape index (κ1) is 14.3. The molecule has 0 aliphatic carbocycles. The van der Waals surface area contributed by atoms with E-state index in [4.69, 9.17) is 9.84 Å². The van der Waals surface area contributed by atoms with Crippen molar-refractivity contribution in [2.24, 2.45) is 0 Å². The molecule has 1 aromatic heterocycles. The van der Waals surface area contributed by atoms with Crippen LogP contribution in [0.3, 0.4) is 0 Å². The Hall–Kier alpha value is -2.15. The Balaban J connectivity index is 2.18. The summed E-state index contributed by atoms with van der Waals surface area (Å²) >= 11 is 0. The van der Waals surface area contributed by atoms with Crippen molar-refractivity contribution in [2.75, 3.05) is 31.2 Å². The zero-order valence-corrected chi connectivity index (χ0v) is 11.2. The number of amides is 1. The smallest absolute Gasteiger partial charge is 0.337 e. The first-order chi connectivity index (χ1) is 9.63. The monoisotopic (exact) mass is 279 g/mol. The lowest BCUT2D eigenvalue weighted by atomic mass is 10.2. The molecule has 2 heterocycles. The predicted octanol–water partition coefficient (Wildman–Crippen LogP) is 0.121. The van der Waals surface area contributed by atoms with Crippen LogP contribution in [0.4, 0.5) is 5.82 Å². The lowest BCUT2D eigenvalue weighted by Crippen LogP contribution is -2.54. The van der Waals surface area contributed by atoms with Crippen molar-refractivity contribution in [3.8, 4) is 0 Å². The minimum atomic E-state index is -1.02. The van der Waals surface area contributed by atoms with E-state index in [0.717, 1.165) is 0 Å². The molecule has 1 aromatic rings. The molecule has 1 aliphatic rings. The molecule has 7 heteroatoms. The number of rotatable bonds is 4. The van der Waals surface area contributed by atoms with Crippen LogP contribution in [-0.4, -0.2) is 54.3 Å². The molecule has 1 saturated heterocycles. The predicted molar refractivity (Wildman–Crippen MR) is 71.8 cm³/mol. The fourth-order valence-corrected chi connectivity index (χ4v) is 2.07. The Morgan fingerprint density at radius 3 is 2.95 bits per heavy atom. The molecule has 108 valence electrons. The highest BCUT2D eigenvalue weighted by molar-refractivity contribution is 5.88. The number of aromatic nitrogens is 1. The summed E-state index contributed by atoms with van der Waals surface area (Å²) in [6.45, 7) is 3.76. The van der Waals surface area contributed by atoms with E-state index in [0.29, 0.717) is 32.1 Å². The molecule has 2 N–H and O–H groups in total. The maximum absolute atomic E-state index is 12.0. The number of carbonyl (C=O) groups is 2. The van der Waals surface area contributed by atoms with Crippen LogP contribution >= 0.6 is 0 Å². The van der Waals surface area contributed by atoms with Crippen molar-refractivity contribution in [3.63, 3.8) is 0 Å². The zero-order chi connectivity index (χ0) is 14.5. The molecule has 1 fully saturated rings. The van der Waals surface area contributed by atoms with Crippen molar-refractivity contribution < 1.29 is 19.4 Å². The number of carboxylic acids is 1. The van der Waals surface area contributed by atoms with Gasteiger partial charge in [0.15, 0.2) is 0 Å². The second kappa shape index (κ2) is 6.33. The summed E-state index contributed by atoms with van der Waals surface area (Å²) in [7, 11) is 0. The summed E-state index contributed by atoms with van der Waals surface area (Å²) in [6, 6.07) is 2.66. The minimum Gasteiger partial charge on any atom is -0.478 e. The molecule has 1 atom stereocenters. The lowest BCUT2D eigenvalue weighted by Gasteiger charge is -2.35. The molecule has 1 unspecified atom stereocenters. The number of hydrogen-bond donors (Lipinski definition) is 2. The lowest BCUT2D eigenvalue weighted by molar-refractivity contribution is -0.124. The van der Waals surface area contributed by atoms with E-state index >= 15 is 0 Å². The number of hydrogen-bond acceptors (Lipinski definition) is 5. The number of carboxylic acid groups (broad SMARTS) is 1. The van der Waals surface area contributed by atoms with Gasteiger partial charge in [-0.05, 0) is 19.1 Å². The number of nitrogens with one attached hydrogen (secondary N) is 1. The van der Waals surface area contributed by atoms with Crippen LogP contribution in [0, 0.1) is 0 Å². The molecular weight excluding hydrogens is 262 g/mol. The van der Waals surface area contributed by atoms with Gasteiger partial charge in [0, 0.05) is 19.3 Å². The number of morpholine rings is 1. The first-order valence-electron chi connectivity index (χ1n) is 6.45. The van der Waals surface area contributed by atoms with Gasteiger partial charge < -0.3 is 20.1 Å². The number of ether oxygens (including phenoxy) is 1. The van der Waals surface area contributed by atoms with Gasteiger partial charge in [-0.1, -0.05) is 0 Å². The highest BCUT2D eigenvalue weighted by Gasteiger charge is 2.30. The minimum absolute atomic E-state index is 0.115. The number of carbonyl (C=O) groups excluding carboxylic acids is 1. The maximum atomic E-state index is 12.0. The van der Waals surface area contributed by atoms with E-state index < -0.39 is 12.0 Å². The Kier molecular flexibility index (Phi) is 4.52. The molecule has 0 saturated carbocycles. The molecule has 7 nitrogen and oxygen atoms in total. The summed E-state index contributed by atoms with van der Waals surface area (Å²) in [5.74, 6) is -0.558. The Morgan fingerprint density at radius 2 is 2.35 bits per heavy atom.